The minimum Gasteiger partial charge on any atom is -0.307 e. The number of imidazole rings is 1. The molecule has 0 saturated carbocycles. The lowest BCUT2D eigenvalue weighted by Gasteiger charge is -2.08. The van der Waals surface area contributed by atoms with E-state index >= 15 is 0 Å². The summed E-state index contributed by atoms with van der Waals surface area (Å²) in [5.41, 5.74) is 3.74. The zero-order valence-electron chi connectivity index (χ0n) is 11.6. The first-order chi connectivity index (χ1) is 10.2. The number of nitrogens with zero attached hydrogens (tertiary/aromatic N) is 4. The Morgan fingerprint density at radius 2 is 2.14 bits per heavy atom. The van der Waals surface area contributed by atoms with Gasteiger partial charge in [-0.15, -0.1) is 11.6 Å². The van der Waals surface area contributed by atoms with E-state index in [1.165, 1.54) is 0 Å². The lowest BCUT2D eigenvalue weighted by atomic mass is 10.3. The minimum atomic E-state index is 0.533. The smallest absolute Gasteiger partial charge is 0.160 e. The second-order valence-electron chi connectivity index (χ2n) is 4.82. The number of hydrogen-bond acceptors (Lipinski definition) is 3. The first-order valence-corrected chi connectivity index (χ1v) is 7.99. The number of halogens is 2. The Labute approximate surface area is 136 Å². The Hall–Kier alpha value is -1.46. The van der Waals surface area contributed by atoms with E-state index in [2.05, 4.69) is 35.4 Å². The molecule has 0 aliphatic carbocycles. The predicted molar refractivity (Wildman–Crippen MR) is 87.7 cm³/mol. The van der Waals surface area contributed by atoms with Crippen molar-refractivity contribution in [2.24, 2.45) is 0 Å². The molecule has 0 atom stereocenters. The van der Waals surface area contributed by atoms with E-state index in [1.807, 2.05) is 31.2 Å². The summed E-state index contributed by atoms with van der Waals surface area (Å²) < 4.78 is 3.01. The standard InChI is InChI=1S/C15H14BrClN4/c1-10-3-2-4-12(19-10)9-21-14(5-6-17)20-13-7-11(16)8-18-15(13)21/h2-4,7-8H,5-6,9H2,1H3. The van der Waals surface area contributed by atoms with Gasteiger partial charge in [-0.2, -0.15) is 0 Å². The van der Waals surface area contributed by atoms with Gasteiger partial charge in [0.05, 0.1) is 12.2 Å². The molecule has 3 aromatic heterocycles. The molecule has 0 amide bonds. The van der Waals surface area contributed by atoms with Crippen LogP contribution in [-0.4, -0.2) is 25.4 Å². The number of hydrogen-bond donors (Lipinski definition) is 0. The molecule has 108 valence electrons. The van der Waals surface area contributed by atoms with Crippen molar-refractivity contribution in [3.8, 4) is 0 Å². The van der Waals surface area contributed by atoms with Gasteiger partial charge in [-0.3, -0.25) is 4.98 Å². The molecule has 0 aliphatic heterocycles. The number of pyridine rings is 2. The number of fused-ring (bicyclic) bond motifs is 1. The first kappa shape index (κ1) is 14.5. The maximum absolute atomic E-state index is 5.90. The third-order valence-electron chi connectivity index (χ3n) is 3.21. The Balaban J connectivity index is 2.08. The summed E-state index contributed by atoms with van der Waals surface area (Å²) in [6, 6.07) is 8.00. The van der Waals surface area contributed by atoms with E-state index in [0.29, 0.717) is 18.8 Å². The summed E-state index contributed by atoms with van der Waals surface area (Å²) in [7, 11) is 0. The van der Waals surface area contributed by atoms with Gasteiger partial charge in [0.1, 0.15) is 11.3 Å². The molecule has 0 bridgehead atoms. The molecule has 4 nitrogen and oxygen atoms in total. The topological polar surface area (TPSA) is 43.6 Å². The van der Waals surface area contributed by atoms with Gasteiger partial charge in [-0.1, -0.05) is 6.07 Å². The average molecular weight is 366 g/mol. The molecular formula is C15H14BrClN4. The molecule has 3 heterocycles. The Morgan fingerprint density at radius 1 is 1.29 bits per heavy atom. The normalized spacial score (nSPS) is 11.2. The second kappa shape index (κ2) is 6.12. The van der Waals surface area contributed by atoms with E-state index in [-0.39, 0.29) is 0 Å². The SMILES string of the molecule is Cc1cccc(Cn2c(CCCl)nc3cc(Br)cnc32)n1. The van der Waals surface area contributed by atoms with Crippen LogP contribution in [0.15, 0.2) is 34.9 Å². The first-order valence-electron chi connectivity index (χ1n) is 6.66. The van der Waals surface area contributed by atoms with Crippen LogP contribution in [0.5, 0.6) is 0 Å². The lowest BCUT2D eigenvalue weighted by Crippen LogP contribution is -2.08. The lowest BCUT2D eigenvalue weighted by molar-refractivity contribution is 0.729. The van der Waals surface area contributed by atoms with Gasteiger partial charge in [0.25, 0.3) is 0 Å². The molecule has 0 N–H and O–H groups in total. The van der Waals surface area contributed by atoms with Crippen LogP contribution in [0.3, 0.4) is 0 Å². The quantitative estimate of drug-likeness (QED) is 0.662. The van der Waals surface area contributed by atoms with Crippen molar-refractivity contribution in [1.29, 1.82) is 0 Å². The van der Waals surface area contributed by atoms with Crippen molar-refractivity contribution in [1.82, 2.24) is 19.5 Å². The molecule has 0 radical (unpaired) electrons. The molecule has 0 spiro atoms. The summed E-state index contributed by atoms with van der Waals surface area (Å²) in [4.78, 5) is 13.7. The molecule has 3 rings (SSSR count). The van der Waals surface area contributed by atoms with Crippen molar-refractivity contribution in [3.63, 3.8) is 0 Å². The highest BCUT2D eigenvalue weighted by Gasteiger charge is 2.13. The molecule has 0 saturated heterocycles. The van der Waals surface area contributed by atoms with Gasteiger partial charge in [-0.25, -0.2) is 9.97 Å². The number of aromatic nitrogens is 4. The van der Waals surface area contributed by atoms with Gasteiger partial charge in [-0.05, 0) is 41.1 Å². The third kappa shape index (κ3) is 3.09. The second-order valence-corrected chi connectivity index (χ2v) is 6.11. The van der Waals surface area contributed by atoms with Gasteiger partial charge in [0, 0.05) is 28.7 Å². The monoisotopic (exact) mass is 364 g/mol. The fourth-order valence-electron chi connectivity index (χ4n) is 2.32. The number of rotatable bonds is 4. The van der Waals surface area contributed by atoms with Crippen molar-refractivity contribution in [2.75, 3.05) is 5.88 Å². The molecule has 0 aliphatic rings. The van der Waals surface area contributed by atoms with E-state index in [9.17, 15) is 0 Å². The van der Waals surface area contributed by atoms with Gasteiger partial charge in [0.2, 0.25) is 0 Å². The van der Waals surface area contributed by atoms with Crippen LogP contribution in [0, 0.1) is 6.92 Å². The number of aryl methyl sites for hydroxylation is 2. The Morgan fingerprint density at radius 3 is 2.90 bits per heavy atom. The molecule has 6 heteroatoms. The molecule has 0 fully saturated rings. The predicted octanol–water partition coefficient (Wildman–Crippen LogP) is 3.73. The van der Waals surface area contributed by atoms with E-state index in [0.717, 1.165) is 32.8 Å². The highest BCUT2D eigenvalue weighted by molar-refractivity contribution is 9.10. The largest absolute Gasteiger partial charge is 0.307 e. The van der Waals surface area contributed by atoms with Crippen molar-refractivity contribution in [3.05, 3.63) is 52.1 Å². The molecule has 0 unspecified atom stereocenters. The fraction of sp³-hybridized carbons (Fsp3) is 0.267. The molecule has 3 aromatic rings. The van der Waals surface area contributed by atoms with Crippen molar-refractivity contribution >= 4 is 38.7 Å². The van der Waals surface area contributed by atoms with E-state index in [1.54, 1.807) is 6.20 Å². The Bertz CT molecular complexity index is 784. The summed E-state index contributed by atoms with van der Waals surface area (Å²) in [6.07, 6.45) is 2.50. The van der Waals surface area contributed by atoms with Crippen LogP contribution >= 0.6 is 27.5 Å². The van der Waals surface area contributed by atoms with Crippen LogP contribution in [0.4, 0.5) is 0 Å². The summed E-state index contributed by atoms with van der Waals surface area (Å²) in [5, 5.41) is 0. The van der Waals surface area contributed by atoms with Gasteiger partial charge < -0.3 is 4.57 Å². The maximum Gasteiger partial charge on any atom is 0.160 e. The van der Waals surface area contributed by atoms with Crippen molar-refractivity contribution in [2.45, 2.75) is 19.9 Å². The van der Waals surface area contributed by atoms with Crippen LogP contribution in [-0.2, 0) is 13.0 Å². The van der Waals surface area contributed by atoms with Crippen LogP contribution in [0.1, 0.15) is 17.2 Å². The highest BCUT2D eigenvalue weighted by Crippen LogP contribution is 2.20. The van der Waals surface area contributed by atoms with Crippen LogP contribution in [0.2, 0.25) is 0 Å². The highest BCUT2D eigenvalue weighted by atomic mass is 79.9. The summed E-state index contributed by atoms with van der Waals surface area (Å²) in [6.45, 7) is 2.64. The van der Waals surface area contributed by atoms with E-state index < -0.39 is 0 Å². The third-order valence-corrected chi connectivity index (χ3v) is 3.84. The van der Waals surface area contributed by atoms with Gasteiger partial charge >= 0.3 is 0 Å². The Kier molecular flexibility index (Phi) is 4.22. The fourth-order valence-corrected chi connectivity index (χ4v) is 2.81. The summed E-state index contributed by atoms with van der Waals surface area (Å²) >= 11 is 9.33. The number of alkyl halides is 1. The van der Waals surface area contributed by atoms with Crippen LogP contribution in [0.25, 0.3) is 11.2 Å². The van der Waals surface area contributed by atoms with E-state index in [4.69, 9.17) is 11.6 Å². The van der Waals surface area contributed by atoms with Crippen LogP contribution < -0.4 is 0 Å². The summed E-state index contributed by atoms with van der Waals surface area (Å²) in [5.74, 6) is 1.47. The average Bonchev–Trinajstić information content (AvgIpc) is 2.76. The zero-order valence-corrected chi connectivity index (χ0v) is 13.9. The minimum absolute atomic E-state index is 0.533. The molecule has 0 aromatic carbocycles. The molecular weight excluding hydrogens is 352 g/mol. The van der Waals surface area contributed by atoms with Crippen molar-refractivity contribution < 1.29 is 0 Å². The maximum atomic E-state index is 5.90. The molecule has 21 heavy (non-hydrogen) atoms. The van der Waals surface area contributed by atoms with Gasteiger partial charge in [0.15, 0.2) is 5.65 Å². The zero-order chi connectivity index (χ0) is 14.8.